The number of benzene rings is 1. The van der Waals surface area contributed by atoms with Gasteiger partial charge in [0.05, 0.1) is 11.1 Å². The quantitative estimate of drug-likeness (QED) is 0.593. The zero-order valence-electron chi connectivity index (χ0n) is 11.7. The highest BCUT2D eigenvalue weighted by Crippen LogP contribution is 2.17. The Kier molecular flexibility index (Phi) is 5.53. The highest BCUT2D eigenvalue weighted by Gasteiger charge is 2.14. The van der Waals surface area contributed by atoms with E-state index in [1.165, 1.54) is 0 Å². The van der Waals surface area contributed by atoms with Gasteiger partial charge in [0.1, 0.15) is 0 Å². The number of rotatable bonds is 6. The number of halogens is 1. The lowest BCUT2D eigenvalue weighted by Crippen LogP contribution is -2.28. The molecule has 20 heavy (non-hydrogen) atoms. The molecule has 1 aromatic carbocycles. The molecule has 0 fully saturated rings. The molecule has 0 saturated heterocycles. The Morgan fingerprint density at radius 1 is 1.20 bits per heavy atom. The monoisotopic (exact) mass is 334 g/mol. The normalized spacial score (nSPS) is 10.7. The minimum absolute atomic E-state index is 0.0717. The average molecular weight is 335 g/mol. The molecule has 0 aliphatic heterocycles. The minimum Gasteiger partial charge on any atom is -0.342 e. The van der Waals surface area contributed by atoms with Crippen molar-refractivity contribution in [1.29, 1.82) is 0 Å². The first-order valence-electron chi connectivity index (χ1n) is 6.89. The van der Waals surface area contributed by atoms with Crippen LogP contribution >= 0.6 is 15.9 Å². The van der Waals surface area contributed by atoms with E-state index in [1.807, 2.05) is 31.3 Å². The summed E-state index contributed by atoms with van der Waals surface area (Å²) in [4.78, 5) is 18.6. The van der Waals surface area contributed by atoms with E-state index in [4.69, 9.17) is 0 Å². The van der Waals surface area contributed by atoms with Gasteiger partial charge in [0, 0.05) is 30.5 Å². The maximum absolute atomic E-state index is 12.5. The summed E-state index contributed by atoms with van der Waals surface area (Å²) in [5.74, 6) is 0.0717. The number of unbranched alkanes of at least 4 members (excludes halogenated alkanes) is 2. The summed E-state index contributed by atoms with van der Waals surface area (Å²) in [5.41, 5.74) is 1.60. The highest BCUT2D eigenvalue weighted by atomic mass is 79.9. The van der Waals surface area contributed by atoms with Gasteiger partial charge in [-0.25, -0.2) is 0 Å². The first kappa shape index (κ1) is 15.0. The lowest BCUT2D eigenvalue weighted by molar-refractivity contribution is 0.0794. The van der Waals surface area contributed by atoms with Crippen LogP contribution in [0.25, 0.3) is 10.9 Å². The zero-order chi connectivity index (χ0) is 14.4. The fraction of sp³-hybridized carbons (Fsp3) is 0.375. The summed E-state index contributed by atoms with van der Waals surface area (Å²) in [7, 11) is 1.87. The third-order valence-electron chi connectivity index (χ3n) is 3.35. The van der Waals surface area contributed by atoms with Crippen molar-refractivity contribution in [1.82, 2.24) is 9.88 Å². The highest BCUT2D eigenvalue weighted by molar-refractivity contribution is 9.09. The number of hydrogen-bond acceptors (Lipinski definition) is 2. The summed E-state index contributed by atoms with van der Waals surface area (Å²) in [6.07, 6.45) is 5.03. The number of carbonyl (C=O) groups excluding carboxylic acids is 1. The van der Waals surface area contributed by atoms with Crippen LogP contribution in [-0.2, 0) is 0 Å². The lowest BCUT2D eigenvalue weighted by atomic mass is 10.1. The van der Waals surface area contributed by atoms with E-state index in [-0.39, 0.29) is 5.91 Å². The third kappa shape index (κ3) is 3.57. The van der Waals surface area contributed by atoms with Crippen LogP contribution < -0.4 is 0 Å². The first-order chi connectivity index (χ1) is 9.74. The molecule has 0 unspecified atom stereocenters. The van der Waals surface area contributed by atoms with E-state index < -0.39 is 0 Å². The molecule has 0 aliphatic rings. The molecule has 0 spiro atoms. The van der Waals surface area contributed by atoms with Gasteiger partial charge in [-0.2, -0.15) is 0 Å². The van der Waals surface area contributed by atoms with Crippen molar-refractivity contribution in [2.75, 3.05) is 18.9 Å². The number of amides is 1. The molecule has 0 saturated carbocycles. The van der Waals surface area contributed by atoms with Crippen LogP contribution in [-0.4, -0.2) is 34.7 Å². The summed E-state index contributed by atoms with van der Waals surface area (Å²) < 4.78 is 0. The molecule has 1 amide bonds. The molecule has 0 aliphatic carbocycles. The van der Waals surface area contributed by atoms with Crippen molar-refractivity contribution in [2.24, 2.45) is 0 Å². The Labute approximate surface area is 128 Å². The maximum Gasteiger partial charge on any atom is 0.254 e. The van der Waals surface area contributed by atoms with E-state index in [0.717, 1.165) is 47.6 Å². The largest absolute Gasteiger partial charge is 0.342 e. The van der Waals surface area contributed by atoms with Crippen LogP contribution in [0, 0.1) is 0 Å². The molecule has 4 heteroatoms. The molecule has 1 heterocycles. The minimum atomic E-state index is 0.0717. The van der Waals surface area contributed by atoms with Gasteiger partial charge in [0.25, 0.3) is 5.91 Å². The summed E-state index contributed by atoms with van der Waals surface area (Å²) in [6, 6.07) is 9.57. The van der Waals surface area contributed by atoms with Crippen LogP contribution in [0.4, 0.5) is 0 Å². The van der Waals surface area contributed by atoms with Crippen molar-refractivity contribution in [3.63, 3.8) is 0 Å². The molecule has 0 atom stereocenters. The van der Waals surface area contributed by atoms with E-state index in [9.17, 15) is 4.79 Å². The second-order valence-corrected chi connectivity index (χ2v) is 5.65. The molecule has 2 aromatic rings. The SMILES string of the molecule is CN(CCCCCBr)C(=O)c1ccnc2ccccc12. The van der Waals surface area contributed by atoms with Gasteiger partial charge in [-0.05, 0) is 25.0 Å². The van der Waals surface area contributed by atoms with Crippen molar-refractivity contribution >= 4 is 32.7 Å². The van der Waals surface area contributed by atoms with Crippen LogP contribution in [0.2, 0.25) is 0 Å². The van der Waals surface area contributed by atoms with Gasteiger partial charge < -0.3 is 4.90 Å². The van der Waals surface area contributed by atoms with Crippen molar-refractivity contribution < 1.29 is 4.79 Å². The van der Waals surface area contributed by atoms with Gasteiger partial charge in [0.2, 0.25) is 0 Å². The first-order valence-corrected chi connectivity index (χ1v) is 8.01. The van der Waals surface area contributed by atoms with Crippen molar-refractivity contribution in [3.05, 3.63) is 42.1 Å². The number of carbonyl (C=O) groups is 1. The molecular weight excluding hydrogens is 316 g/mol. The predicted molar refractivity (Wildman–Crippen MR) is 86.3 cm³/mol. The Morgan fingerprint density at radius 3 is 2.80 bits per heavy atom. The Hall–Kier alpha value is -1.42. The molecule has 0 N–H and O–H groups in total. The van der Waals surface area contributed by atoms with Gasteiger partial charge in [-0.3, -0.25) is 9.78 Å². The fourth-order valence-electron chi connectivity index (χ4n) is 2.21. The summed E-state index contributed by atoms with van der Waals surface area (Å²) >= 11 is 3.42. The number of alkyl halides is 1. The smallest absolute Gasteiger partial charge is 0.254 e. The average Bonchev–Trinajstić information content (AvgIpc) is 2.50. The molecule has 0 bridgehead atoms. The molecule has 3 nitrogen and oxygen atoms in total. The fourth-order valence-corrected chi connectivity index (χ4v) is 2.61. The molecular formula is C16H19BrN2O. The van der Waals surface area contributed by atoms with Gasteiger partial charge in [-0.15, -0.1) is 0 Å². The van der Waals surface area contributed by atoms with E-state index in [1.54, 1.807) is 17.2 Å². The Morgan fingerprint density at radius 2 is 2.00 bits per heavy atom. The lowest BCUT2D eigenvalue weighted by Gasteiger charge is -2.18. The summed E-state index contributed by atoms with van der Waals surface area (Å²) in [6.45, 7) is 0.794. The second kappa shape index (κ2) is 7.39. The number of nitrogens with zero attached hydrogens (tertiary/aromatic N) is 2. The number of hydrogen-bond donors (Lipinski definition) is 0. The van der Waals surface area contributed by atoms with Crippen LogP contribution in [0.5, 0.6) is 0 Å². The van der Waals surface area contributed by atoms with Crippen molar-refractivity contribution in [2.45, 2.75) is 19.3 Å². The molecule has 1 aromatic heterocycles. The molecule has 2 rings (SSSR count). The van der Waals surface area contributed by atoms with Crippen LogP contribution in [0.1, 0.15) is 29.6 Å². The third-order valence-corrected chi connectivity index (χ3v) is 3.91. The number of aromatic nitrogens is 1. The van der Waals surface area contributed by atoms with Crippen LogP contribution in [0.15, 0.2) is 36.5 Å². The second-order valence-electron chi connectivity index (χ2n) is 4.85. The van der Waals surface area contributed by atoms with E-state index >= 15 is 0 Å². The van der Waals surface area contributed by atoms with Gasteiger partial charge in [0.15, 0.2) is 0 Å². The van der Waals surface area contributed by atoms with E-state index in [2.05, 4.69) is 20.9 Å². The predicted octanol–water partition coefficient (Wildman–Crippen LogP) is 3.87. The maximum atomic E-state index is 12.5. The van der Waals surface area contributed by atoms with Gasteiger partial charge in [-0.1, -0.05) is 40.5 Å². The number of para-hydroxylation sites is 1. The van der Waals surface area contributed by atoms with Crippen molar-refractivity contribution in [3.8, 4) is 0 Å². The zero-order valence-corrected chi connectivity index (χ0v) is 13.3. The van der Waals surface area contributed by atoms with Gasteiger partial charge >= 0.3 is 0 Å². The topological polar surface area (TPSA) is 33.2 Å². The Bertz CT molecular complexity index is 580. The van der Waals surface area contributed by atoms with E-state index in [0.29, 0.717) is 0 Å². The van der Waals surface area contributed by atoms with Crippen LogP contribution in [0.3, 0.4) is 0 Å². The Balaban J connectivity index is 2.10. The standard InChI is InChI=1S/C16H19BrN2O/c1-19(12-6-2-5-10-17)16(20)14-9-11-18-15-8-4-3-7-13(14)15/h3-4,7-9,11H,2,5-6,10,12H2,1H3. The summed E-state index contributed by atoms with van der Waals surface area (Å²) in [5, 5.41) is 1.95. The molecule has 106 valence electrons. The number of fused-ring (bicyclic) bond motifs is 1. The molecule has 0 radical (unpaired) electrons. The number of pyridine rings is 1.